The Morgan fingerprint density at radius 1 is 1.11 bits per heavy atom. The van der Waals surface area contributed by atoms with Gasteiger partial charge in [-0.2, -0.15) is 0 Å². The summed E-state index contributed by atoms with van der Waals surface area (Å²) in [5.41, 5.74) is 0.433. The number of piperidine rings is 1. The van der Waals surface area contributed by atoms with Gasteiger partial charge in [-0.1, -0.05) is 29.8 Å². The highest BCUT2D eigenvalue weighted by molar-refractivity contribution is 7.90. The summed E-state index contributed by atoms with van der Waals surface area (Å²) >= 11 is 6.29. The molecule has 1 aromatic heterocycles. The molecule has 1 saturated heterocycles. The molecule has 1 N–H and O–H groups in total. The highest BCUT2D eigenvalue weighted by atomic mass is 35.5. The van der Waals surface area contributed by atoms with Crippen LogP contribution in [-0.2, 0) is 15.4 Å². The van der Waals surface area contributed by atoms with E-state index < -0.39 is 15.4 Å². The zero-order valence-electron chi connectivity index (χ0n) is 15.3. The van der Waals surface area contributed by atoms with Gasteiger partial charge in [0.05, 0.1) is 16.0 Å². The van der Waals surface area contributed by atoms with E-state index in [9.17, 15) is 13.5 Å². The molecule has 0 unspecified atom stereocenters. The van der Waals surface area contributed by atoms with Crippen molar-refractivity contribution in [2.75, 3.05) is 24.2 Å². The summed E-state index contributed by atoms with van der Waals surface area (Å²) in [4.78, 5) is 10.9. The van der Waals surface area contributed by atoms with Crippen molar-refractivity contribution in [3.05, 3.63) is 59.4 Å². The topological polar surface area (TPSA) is 83.4 Å². The quantitative estimate of drug-likeness (QED) is 0.704. The lowest BCUT2D eigenvalue weighted by Gasteiger charge is -2.39. The van der Waals surface area contributed by atoms with Crippen LogP contribution in [0.4, 0.5) is 5.82 Å². The zero-order valence-corrected chi connectivity index (χ0v) is 16.9. The van der Waals surface area contributed by atoms with Gasteiger partial charge in [-0.25, -0.2) is 18.4 Å². The van der Waals surface area contributed by atoms with Crippen molar-refractivity contribution in [1.82, 2.24) is 9.97 Å². The molecule has 6 nitrogen and oxygen atoms in total. The lowest BCUT2D eigenvalue weighted by atomic mass is 9.84. The van der Waals surface area contributed by atoms with Gasteiger partial charge < -0.3 is 10.0 Å². The van der Waals surface area contributed by atoms with E-state index in [-0.39, 0.29) is 4.90 Å². The lowest BCUT2D eigenvalue weighted by Crippen LogP contribution is -2.43. The Labute approximate surface area is 168 Å². The fourth-order valence-corrected chi connectivity index (χ4v) is 4.66. The van der Waals surface area contributed by atoms with Crippen molar-refractivity contribution in [2.24, 2.45) is 0 Å². The predicted octanol–water partition coefficient (Wildman–Crippen LogP) is 3.17. The first-order chi connectivity index (χ1) is 13.3. The minimum absolute atomic E-state index is 0.237. The molecule has 2 heterocycles. The molecular weight excluding hydrogens is 398 g/mol. The smallest absolute Gasteiger partial charge is 0.175 e. The fourth-order valence-electron chi connectivity index (χ4n) is 3.70. The molecule has 28 heavy (non-hydrogen) atoms. The van der Waals surface area contributed by atoms with E-state index in [2.05, 4.69) is 14.9 Å². The van der Waals surface area contributed by atoms with Crippen molar-refractivity contribution in [1.29, 1.82) is 0 Å². The average molecular weight is 418 g/mol. The number of aliphatic hydroxyl groups is 1. The molecule has 4 rings (SSSR count). The van der Waals surface area contributed by atoms with Gasteiger partial charge >= 0.3 is 0 Å². The number of aromatic nitrogens is 2. The van der Waals surface area contributed by atoms with Crippen LogP contribution in [0.2, 0.25) is 5.02 Å². The summed E-state index contributed by atoms with van der Waals surface area (Å²) < 4.78 is 23.9. The number of nitrogens with zero attached hydrogens (tertiary/aromatic N) is 3. The van der Waals surface area contributed by atoms with Crippen LogP contribution < -0.4 is 4.90 Å². The average Bonchev–Trinajstić information content (AvgIpc) is 2.67. The Kier molecular flexibility index (Phi) is 4.77. The van der Waals surface area contributed by atoms with Crippen molar-refractivity contribution in [3.63, 3.8) is 0 Å². The van der Waals surface area contributed by atoms with Crippen LogP contribution in [0.15, 0.2) is 53.7 Å². The molecule has 0 saturated carbocycles. The second-order valence-electron chi connectivity index (χ2n) is 7.15. The van der Waals surface area contributed by atoms with Gasteiger partial charge in [0.15, 0.2) is 9.84 Å². The fraction of sp³-hybridized carbons (Fsp3) is 0.300. The molecule has 1 fully saturated rings. The molecular formula is C20H20ClN3O3S. The SMILES string of the molecule is CS(=O)(=O)c1ccc2ncnc(N3CCC(O)(c4ccccc4Cl)CC3)c2c1. The lowest BCUT2D eigenvalue weighted by molar-refractivity contribution is 0.0118. The molecule has 0 radical (unpaired) electrons. The maximum Gasteiger partial charge on any atom is 0.175 e. The van der Waals surface area contributed by atoms with Gasteiger partial charge in [0.25, 0.3) is 0 Å². The molecule has 2 aromatic carbocycles. The third kappa shape index (κ3) is 3.45. The summed E-state index contributed by atoms with van der Waals surface area (Å²) in [5.74, 6) is 0.678. The third-order valence-corrected chi connectivity index (χ3v) is 6.72. The molecule has 0 aliphatic carbocycles. The van der Waals surface area contributed by atoms with Crippen LogP contribution in [0.25, 0.3) is 10.9 Å². The van der Waals surface area contributed by atoms with Gasteiger partial charge in [-0.05, 0) is 37.1 Å². The van der Waals surface area contributed by atoms with E-state index in [1.165, 1.54) is 12.6 Å². The van der Waals surface area contributed by atoms with Gasteiger partial charge in [0.1, 0.15) is 12.1 Å². The minimum Gasteiger partial charge on any atom is -0.385 e. The standard InChI is InChI=1S/C20H20ClN3O3S/c1-28(26,27)14-6-7-18-15(12-14)19(23-13-22-18)24-10-8-20(25,9-11-24)16-4-2-3-5-17(16)21/h2-7,12-13,25H,8-11H2,1H3. The van der Waals surface area contributed by atoms with Crippen LogP contribution in [0.5, 0.6) is 0 Å². The monoisotopic (exact) mass is 417 g/mol. The maximum absolute atomic E-state index is 11.9. The van der Waals surface area contributed by atoms with E-state index in [1.54, 1.807) is 24.3 Å². The van der Waals surface area contributed by atoms with Gasteiger partial charge in [0, 0.05) is 35.3 Å². The van der Waals surface area contributed by atoms with Gasteiger partial charge in [0.2, 0.25) is 0 Å². The van der Waals surface area contributed by atoms with Crippen molar-refractivity contribution < 1.29 is 13.5 Å². The van der Waals surface area contributed by atoms with Crippen molar-refractivity contribution >= 4 is 38.2 Å². The largest absolute Gasteiger partial charge is 0.385 e. The number of fused-ring (bicyclic) bond motifs is 1. The molecule has 0 bridgehead atoms. The normalized spacial score (nSPS) is 17.0. The summed E-state index contributed by atoms with van der Waals surface area (Å²) in [6.07, 6.45) is 3.65. The second kappa shape index (κ2) is 6.99. The molecule has 0 amide bonds. The Bertz CT molecular complexity index is 1140. The van der Waals surface area contributed by atoms with Crippen molar-refractivity contribution in [2.45, 2.75) is 23.3 Å². The molecule has 1 aliphatic heterocycles. The molecule has 146 valence electrons. The van der Waals surface area contributed by atoms with Crippen LogP contribution in [0, 0.1) is 0 Å². The number of sulfone groups is 1. The molecule has 3 aromatic rings. The maximum atomic E-state index is 11.9. The Morgan fingerprint density at radius 2 is 1.82 bits per heavy atom. The van der Waals surface area contributed by atoms with Crippen LogP contribution in [0.3, 0.4) is 0 Å². The number of hydrogen-bond donors (Lipinski definition) is 1. The summed E-state index contributed by atoms with van der Waals surface area (Å²) in [6.45, 7) is 1.13. The van der Waals surface area contributed by atoms with Crippen LogP contribution >= 0.6 is 11.6 Å². The minimum atomic E-state index is -3.33. The third-order valence-electron chi connectivity index (χ3n) is 5.28. The van der Waals surface area contributed by atoms with E-state index in [0.29, 0.717) is 47.7 Å². The Balaban J connectivity index is 1.66. The second-order valence-corrected chi connectivity index (χ2v) is 9.57. The Hall–Kier alpha value is -2.22. The molecule has 0 spiro atoms. The number of benzene rings is 2. The van der Waals surface area contributed by atoms with Crippen LogP contribution in [-0.4, -0.2) is 42.8 Å². The van der Waals surface area contributed by atoms with E-state index in [4.69, 9.17) is 11.6 Å². The van der Waals surface area contributed by atoms with Crippen molar-refractivity contribution in [3.8, 4) is 0 Å². The summed E-state index contributed by atoms with van der Waals surface area (Å²) in [6, 6.07) is 12.2. The highest BCUT2D eigenvalue weighted by Crippen LogP contribution is 2.38. The number of anilines is 1. The van der Waals surface area contributed by atoms with Crippen LogP contribution in [0.1, 0.15) is 18.4 Å². The molecule has 1 aliphatic rings. The van der Waals surface area contributed by atoms with E-state index in [1.807, 2.05) is 18.2 Å². The number of halogens is 1. The predicted molar refractivity (Wildman–Crippen MR) is 109 cm³/mol. The summed E-state index contributed by atoms with van der Waals surface area (Å²) in [7, 11) is -3.33. The first-order valence-electron chi connectivity index (χ1n) is 8.95. The highest BCUT2D eigenvalue weighted by Gasteiger charge is 2.36. The first-order valence-corrected chi connectivity index (χ1v) is 11.2. The molecule has 8 heteroatoms. The molecule has 0 atom stereocenters. The number of rotatable bonds is 3. The van der Waals surface area contributed by atoms with E-state index >= 15 is 0 Å². The van der Waals surface area contributed by atoms with Gasteiger partial charge in [-0.3, -0.25) is 0 Å². The first kappa shape index (κ1) is 19.1. The van der Waals surface area contributed by atoms with Gasteiger partial charge in [-0.15, -0.1) is 0 Å². The summed E-state index contributed by atoms with van der Waals surface area (Å²) in [5, 5.41) is 12.4. The number of hydrogen-bond acceptors (Lipinski definition) is 6. The van der Waals surface area contributed by atoms with E-state index in [0.717, 1.165) is 5.56 Å². The Morgan fingerprint density at radius 3 is 2.50 bits per heavy atom. The zero-order chi connectivity index (χ0) is 19.9.